The van der Waals surface area contributed by atoms with Crippen molar-refractivity contribution in [2.45, 2.75) is 19.9 Å². The summed E-state index contributed by atoms with van der Waals surface area (Å²) in [6.07, 6.45) is 3.93. The van der Waals surface area contributed by atoms with Gasteiger partial charge in [-0.3, -0.25) is 4.79 Å². The van der Waals surface area contributed by atoms with Gasteiger partial charge in [0.15, 0.2) is 0 Å². The lowest BCUT2D eigenvalue weighted by atomic mass is 10.1. The molecule has 1 heterocycles. The molecule has 0 aliphatic carbocycles. The van der Waals surface area contributed by atoms with Gasteiger partial charge >= 0.3 is 0 Å². The second-order valence-corrected chi connectivity index (χ2v) is 4.33. The van der Waals surface area contributed by atoms with Gasteiger partial charge in [-0.2, -0.15) is 0 Å². The minimum absolute atomic E-state index is 0.120. The van der Waals surface area contributed by atoms with Gasteiger partial charge in [-0.25, -0.2) is 4.68 Å². The smallest absolute Gasteiger partial charge is 0.246 e. The van der Waals surface area contributed by atoms with Crippen LogP contribution in [0.4, 0.5) is 5.69 Å². The fourth-order valence-corrected chi connectivity index (χ4v) is 1.88. The molecular weight excluding hydrogens is 268 g/mol. The minimum Gasteiger partial charge on any atom is -0.384 e. The van der Waals surface area contributed by atoms with Crippen molar-refractivity contribution in [1.29, 1.82) is 0 Å². The number of nitrogens with one attached hydrogen (secondary N) is 1. The Hall–Kier alpha value is -2.65. The average Bonchev–Trinajstić information content (AvgIpc) is 2.98. The van der Waals surface area contributed by atoms with E-state index in [1.807, 2.05) is 25.1 Å². The lowest BCUT2D eigenvalue weighted by Gasteiger charge is -2.10. The number of carbonyl (C=O) groups excluding carboxylic acids is 1. The van der Waals surface area contributed by atoms with Gasteiger partial charge in [0.1, 0.15) is 13.2 Å². The topological polar surface area (TPSA) is 80.0 Å². The van der Waals surface area contributed by atoms with Crippen molar-refractivity contribution in [3.05, 3.63) is 41.7 Å². The van der Waals surface area contributed by atoms with E-state index in [9.17, 15) is 4.79 Å². The molecule has 0 aliphatic rings. The van der Waals surface area contributed by atoms with Gasteiger partial charge in [-0.05, 0) is 30.2 Å². The number of aliphatic hydroxyl groups excluding tert-OH is 1. The third kappa shape index (κ3) is 4.16. The number of aryl methyl sites for hydroxylation is 1. The summed E-state index contributed by atoms with van der Waals surface area (Å²) in [7, 11) is 0. The van der Waals surface area contributed by atoms with Crippen molar-refractivity contribution in [3.8, 4) is 11.8 Å². The highest BCUT2D eigenvalue weighted by Crippen LogP contribution is 2.18. The molecule has 2 N–H and O–H groups in total. The highest BCUT2D eigenvalue weighted by molar-refractivity contribution is 5.91. The first-order valence-electron chi connectivity index (χ1n) is 6.59. The van der Waals surface area contributed by atoms with Crippen LogP contribution in [0.2, 0.25) is 0 Å². The summed E-state index contributed by atoms with van der Waals surface area (Å²) in [6, 6.07) is 5.54. The number of hydrogen-bond donors (Lipinski definition) is 2. The third-order valence-corrected chi connectivity index (χ3v) is 2.85. The van der Waals surface area contributed by atoms with Crippen LogP contribution in [0.25, 0.3) is 0 Å². The van der Waals surface area contributed by atoms with E-state index in [0.717, 1.165) is 23.2 Å². The van der Waals surface area contributed by atoms with E-state index in [-0.39, 0.29) is 19.1 Å². The maximum Gasteiger partial charge on any atom is 0.246 e. The second-order valence-electron chi connectivity index (χ2n) is 4.33. The molecule has 0 saturated carbocycles. The van der Waals surface area contributed by atoms with Gasteiger partial charge in [-0.1, -0.05) is 24.0 Å². The van der Waals surface area contributed by atoms with Crippen LogP contribution in [0.15, 0.2) is 30.6 Å². The van der Waals surface area contributed by atoms with Crippen molar-refractivity contribution < 1.29 is 9.90 Å². The second kappa shape index (κ2) is 7.22. The zero-order valence-corrected chi connectivity index (χ0v) is 11.7. The number of aromatic nitrogens is 3. The molecule has 2 aromatic rings. The van der Waals surface area contributed by atoms with Crippen LogP contribution < -0.4 is 5.32 Å². The number of anilines is 1. The SMILES string of the molecule is CCc1cc(C#CCO)ccc1NC(=O)Cn1ccnn1. The minimum atomic E-state index is -0.169. The fourth-order valence-electron chi connectivity index (χ4n) is 1.88. The number of benzene rings is 1. The molecule has 1 amide bonds. The maximum atomic E-state index is 11.9. The molecule has 108 valence electrons. The Morgan fingerprint density at radius 3 is 3.00 bits per heavy atom. The van der Waals surface area contributed by atoms with Crippen molar-refractivity contribution in [3.63, 3.8) is 0 Å². The summed E-state index contributed by atoms with van der Waals surface area (Å²) in [6.45, 7) is 1.96. The predicted molar refractivity (Wildman–Crippen MR) is 78.4 cm³/mol. The van der Waals surface area contributed by atoms with E-state index < -0.39 is 0 Å². The van der Waals surface area contributed by atoms with E-state index in [2.05, 4.69) is 27.5 Å². The summed E-state index contributed by atoms with van der Waals surface area (Å²) in [5, 5.41) is 19.0. The molecule has 0 spiro atoms. The van der Waals surface area contributed by atoms with Crippen LogP contribution in [0, 0.1) is 11.8 Å². The van der Waals surface area contributed by atoms with Crippen LogP contribution in [-0.4, -0.2) is 32.6 Å². The molecule has 0 saturated heterocycles. The first-order chi connectivity index (χ1) is 10.2. The number of nitrogens with zero attached hydrogens (tertiary/aromatic N) is 3. The first-order valence-corrected chi connectivity index (χ1v) is 6.59. The van der Waals surface area contributed by atoms with E-state index in [1.54, 1.807) is 6.20 Å². The van der Waals surface area contributed by atoms with E-state index in [4.69, 9.17) is 5.11 Å². The summed E-state index contributed by atoms with van der Waals surface area (Å²) >= 11 is 0. The Kier molecular flexibility index (Phi) is 5.07. The zero-order chi connectivity index (χ0) is 15.1. The monoisotopic (exact) mass is 284 g/mol. The summed E-state index contributed by atoms with van der Waals surface area (Å²) < 4.78 is 1.46. The van der Waals surface area contributed by atoms with Gasteiger partial charge in [0.25, 0.3) is 0 Å². The molecule has 0 radical (unpaired) electrons. The molecular formula is C15H16N4O2. The number of aliphatic hydroxyl groups is 1. The maximum absolute atomic E-state index is 11.9. The molecule has 0 bridgehead atoms. The molecule has 1 aromatic carbocycles. The van der Waals surface area contributed by atoms with Crippen molar-refractivity contribution >= 4 is 11.6 Å². The third-order valence-electron chi connectivity index (χ3n) is 2.85. The first kappa shape index (κ1) is 14.8. The van der Waals surface area contributed by atoms with Gasteiger partial charge in [0, 0.05) is 17.4 Å². The Morgan fingerprint density at radius 2 is 2.33 bits per heavy atom. The van der Waals surface area contributed by atoms with Gasteiger partial charge in [0.2, 0.25) is 5.91 Å². The average molecular weight is 284 g/mol. The van der Waals surface area contributed by atoms with Crippen LogP contribution in [0.5, 0.6) is 0 Å². The van der Waals surface area contributed by atoms with Gasteiger partial charge in [-0.15, -0.1) is 5.10 Å². The van der Waals surface area contributed by atoms with E-state index >= 15 is 0 Å². The number of rotatable bonds is 4. The summed E-state index contributed by atoms with van der Waals surface area (Å²) in [5.41, 5.74) is 2.57. The largest absolute Gasteiger partial charge is 0.384 e. The molecule has 0 fully saturated rings. The van der Waals surface area contributed by atoms with E-state index in [0.29, 0.717) is 0 Å². The summed E-state index contributed by atoms with van der Waals surface area (Å²) in [5.74, 6) is 5.29. The predicted octanol–water partition coefficient (Wildman–Crippen LogP) is 0.823. The molecule has 0 atom stereocenters. The van der Waals surface area contributed by atoms with Crippen LogP contribution >= 0.6 is 0 Å². The van der Waals surface area contributed by atoms with Crippen molar-refractivity contribution in [2.75, 3.05) is 11.9 Å². The lowest BCUT2D eigenvalue weighted by Crippen LogP contribution is -2.20. The number of carbonyl (C=O) groups is 1. The Morgan fingerprint density at radius 1 is 1.48 bits per heavy atom. The fraction of sp³-hybridized carbons (Fsp3) is 0.267. The Labute approximate surface area is 122 Å². The summed E-state index contributed by atoms with van der Waals surface area (Å²) in [4.78, 5) is 11.9. The molecule has 21 heavy (non-hydrogen) atoms. The highest BCUT2D eigenvalue weighted by Gasteiger charge is 2.07. The molecule has 1 aromatic heterocycles. The molecule has 6 nitrogen and oxygen atoms in total. The van der Waals surface area contributed by atoms with Crippen molar-refractivity contribution in [2.24, 2.45) is 0 Å². The molecule has 0 unspecified atom stereocenters. The van der Waals surface area contributed by atoms with Crippen LogP contribution in [0.3, 0.4) is 0 Å². The number of amides is 1. The number of hydrogen-bond acceptors (Lipinski definition) is 4. The van der Waals surface area contributed by atoms with Crippen molar-refractivity contribution in [1.82, 2.24) is 15.0 Å². The Bertz CT molecular complexity index is 669. The van der Waals surface area contributed by atoms with Gasteiger partial charge in [0.05, 0.1) is 6.20 Å². The Balaban J connectivity index is 2.10. The normalized spacial score (nSPS) is 9.81. The van der Waals surface area contributed by atoms with Crippen LogP contribution in [0.1, 0.15) is 18.1 Å². The molecule has 0 aliphatic heterocycles. The zero-order valence-electron chi connectivity index (χ0n) is 11.7. The van der Waals surface area contributed by atoms with Gasteiger partial charge < -0.3 is 10.4 Å². The highest BCUT2D eigenvalue weighted by atomic mass is 16.2. The van der Waals surface area contributed by atoms with Crippen LogP contribution in [-0.2, 0) is 17.8 Å². The standard InChI is InChI=1S/C15H16N4O2/c1-2-13-10-12(4-3-9-20)5-6-14(13)17-15(21)11-19-8-7-16-18-19/h5-8,10,20H,2,9,11H2,1H3,(H,17,21). The molecule has 6 heteroatoms. The lowest BCUT2D eigenvalue weighted by molar-refractivity contribution is -0.116. The van der Waals surface area contributed by atoms with E-state index in [1.165, 1.54) is 10.9 Å². The quantitative estimate of drug-likeness (QED) is 0.815. The molecule has 2 rings (SSSR count).